The van der Waals surface area contributed by atoms with Gasteiger partial charge in [0.05, 0.1) is 0 Å². The van der Waals surface area contributed by atoms with Crippen molar-refractivity contribution in [3.05, 3.63) is 59.4 Å². The van der Waals surface area contributed by atoms with E-state index >= 15 is 0 Å². The molecule has 1 aromatic carbocycles. The lowest BCUT2D eigenvalue weighted by Crippen LogP contribution is -2.15. The molecule has 0 radical (unpaired) electrons. The number of aromatic nitrogens is 1. The third-order valence-corrected chi connectivity index (χ3v) is 3.99. The summed E-state index contributed by atoms with van der Waals surface area (Å²) < 4.78 is 1.98. The maximum absolute atomic E-state index is 11.3. The Morgan fingerprint density at radius 1 is 1.14 bits per heavy atom. The van der Waals surface area contributed by atoms with Crippen molar-refractivity contribution in [3.8, 4) is 0 Å². The van der Waals surface area contributed by atoms with Crippen LogP contribution in [0.2, 0.25) is 0 Å². The molecule has 0 aliphatic carbocycles. The molecule has 0 spiro atoms. The van der Waals surface area contributed by atoms with Crippen LogP contribution in [0.4, 0.5) is 0 Å². The third kappa shape index (κ3) is 3.75. The van der Waals surface area contributed by atoms with E-state index in [4.69, 9.17) is 0 Å². The first-order chi connectivity index (χ1) is 10.1. The summed E-state index contributed by atoms with van der Waals surface area (Å²) in [5, 5.41) is 9.31. The van der Waals surface area contributed by atoms with Gasteiger partial charge in [-0.05, 0) is 50.3 Å². The van der Waals surface area contributed by atoms with Crippen LogP contribution < -0.4 is 0 Å². The zero-order chi connectivity index (χ0) is 15.2. The van der Waals surface area contributed by atoms with E-state index in [0.29, 0.717) is 5.69 Å². The molecule has 3 heteroatoms. The maximum atomic E-state index is 11.3. The second-order valence-corrected chi connectivity index (χ2v) is 5.48. The Bertz CT molecular complexity index is 587. The largest absolute Gasteiger partial charge is 0.477 e. The van der Waals surface area contributed by atoms with Crippen molar-refractivity contribution in [2.24, 2.45) is 0 Å². The predicted molar refractivity (Wildman–Crippen MR) is 84.9 cm³/mol. The van der Waals surface area contributed by atoms with Gasteiger partial charge < -0.3 is 9.67 Å². The summed E-state index contributed by atoms with van der Waals surface area (Å²) in [7, 11) is 0. The second-order valence-electron chi connectivity index (χ2n) is 5.48. The lowest BCUT2D eigenvalue weighted by Gasteiger charge is -2.18. The van der Waals surface area contributed by atoms with Crippen molar-refractivity contribution in [1.82, 2.24) is 4.57 Å². The van der Waals surface area contributed by atoms with E-state index in [1.54, 1.807) is 6.07 Å². The van der Waals surface area contributed by atoms with E-state index < -0.39 is 5.97 Å². The van der Waals surface area contributed by atoms with E-state index in [1.807, 2.05) is 16.7 Å². The molecule has 112 valence electrons. The van der Waals surface area contributed by atoms with E-state index in [-0.39, 0.29) is 6.04 Å². The van der Waals surface area contributed by atoms with E-state index in [1.165, 1.54) is 5.56 Å². The van der Waals surface area contributed by atoms with Crippen LogP contribution >= 0.6 is 0 Å². The smallest absolute Gasteiger partial charge is 0.352 e. The number of carbonyl (C=O) groups is 1. The summed E-state index contributed by atoms with van der Waals surface area (Å²) in [6.45, 7) is 4.16. The maximum Gasteiger partial charge on any atom is 0.352 e. The van der Waals surface area contributed by atoms with Crippen LogP contribution in [0.3, 0.4) is 0 Å². The molecule has 3 nitrogen and oxygen atoms in total. The first-order valence-corrected chi connectivity index (χ1v) is 7.60. The van der Waals surface area contributed by atoms with Gasteiger partial charge in [0, 0.05) is 11.7 Å². The molecule has 0 fully saturated rings. The normalized spacial score (nSPS) is 12.3. The number of nitrogens with zero attached hydrogens (tertiary/aromatic N) is 1. The minimum Gasteiger partial charge on any atom is -0.477 e. The van der Waals surface area contributed by atoms with Crippen molar-refractivity contribution in [2.75, 3.05) is 0 Å². The fourth-order valence-corrected chi connectivity index (χ4v) is 2.69. The Morgan fingerprint density at radius 3 is 2.48 bits per heavy atom. The molecule has 1 heterocycles. The van der Waals surface area contributed by atoms with Gasteiger partial charge in [-0.3, -0.25) is 0 Å². The van der Waals surface area contributed by atoms with Gasteiger partial charge in [-0.2, -0.15) is 0 Å². The van der Waals surface area contributed by atoms with Gasteiger partial charge in [0.2, 0.25) is 0 Å². The van der Waals surface area contributed by atoms with Gasteiger partial charge >= 0.3 is 5.97 Å². The highest BCUT2D eigenvalue weighted by Crippen LogP contribution is 2.21. The van der Waals surface area contributed by atoms with E-state index in [2.05, 4.69) is 38.1 Å². The molecular formula is C18H23NO2. The minimum atomic E-state index is -0.843. The molecule has 1 aromatic heterocycles. The first kappa shape index (κ1) is 15.4. The van der Waals surface area contributed by atoms with Crippen LogP contribution in [-0.4, -0.2) is 15.6 Å². The third-order valence-electron chi connectivity index (χ3n) is 3.99. The fourth-order valence-electron chi connectivity index (χ4n) is 2.69. The first-order valence-electron chi connectivity index (χ1n) is 7.60. The van der Waals surface area contributed by atoms with Crippen molar-refractivity contribution in [1.29, 1.82) is 0 Å². The summed E-state index contributed by atoms with van der Waals surface area (Å²) in [6, 6.07) is 14.3. The summed E-state index contributed by atoms with van der Waals surface area (Å²) in [5.41, 5.74) is 2.86. The number of benzene rings is 1. The zero-order valence-electron chi connectivity index (χ0n) is 12.7. The average molecular weight is 285 g/mol. The molecule has 0 saturated heterocycles. The van der Waals surface area contributed by atoms with Crippen molar-refractivity contribution in [2.45, 2.75) is 45.6 Å². The summed E-state index contributed by atoms with van der Waals surface area (Å²) in [4.78, 5) is 11.3. The standard InChI is InChI=1S/C18H23NO2/c1-3-14(2)19-16(12-13-17(19)18(20)21)11-7-10-15-8-5-4-6-9-15/h4-6,8-9,12-14H,3,7,10-11H2,1-2H3,(H,20,21)/t14-/m0/s1. The number of aryl methyl sites for hydroxylation is 2. The monoisotopic (exact) mass is 285 g/mol. The summed E-state index contributed by atoms with van der Waals surface area (Å²) in [5.74, 6) is -0.843. The van der Waals surface area contributed by atoms with Crippen LogP contribution in [0.1, 0.15) is 54.5 Å². The fraction of sp³-hybridized carbons (Fsp3) is 0.389. The van der Waals surface area contributed by atoms with Crippen LogP contribution in [0, 0.1) is 0 Å². The quantitative estimate of drug-likeness (QED) is 0.822. The number of aromatic carboxylic acids is 1. The Hall–Kier alpha value is -2.03. The van der Waals surface area contributed by atoms with Gasteiger partial charge in [0.25, 0.3) is 0 Å². The molecule has 0 bridgehead atoms. The topological polar surface area (TPSA) is 42.2 Å². The molecule has 0 aliphatic heterocycles. The molecule has 0 aliphatic rings. The highest BCUT2D eigenvalue weighted by atomic mass is 16.4. The minimum absolute atomic E-state index is 0.220. The molecular weight excluding hydrogens is 262 g/mol. The number of hydrogen-bond acceptors (Lipinski definition) is 1. The Labute approximate surface area is 126 Å². The number of hydrogen-bond donors (Lipinski definition) is 1. The number of rotatable bonds is 7. The highest BCUT2D eigenvalue weighted by molar-refractivity contribution is 5.86. The molecule has 1 N–H and O–H groups in total. The van der Waals surface area contributed by atoms with Crippen molar-refractivity contribution < 1.29 is 9.90 Å². The van der Waals surface area contributed by atoms with Crippen LogP contribution in [0.25, 0.3) is 0 Å². The molecule has 2 rings (SSSR count). The Balaban J connectivity index is 2.07. The average Bonchev–Trinajstić information content (AvgIpc) is 2.92. The van der Waals surface area contributed by atoms with Crippen LogP contribution in [-0.2, 0) is 12.8 Å². The van der Waals surface area contributed by atoms with Gasteiger partial charge in [-0.1, -0.05) is 37.3 Å². The summed E-state index contributed by atoms with van der Waals surface area (Å²) >= 11 is 0. The number of carboxylic acid groups (broad SMARTS) is 1. The molecule has 0 saturated carbocycles. The summed E-state index contributed by atoms with van der Waals surface area (Å²) in [6.07, 6.45) is 3.89. The number of carboxylic acids is 1. The molecule has 21 heavy (non-hydrogen) atoms. The van der Waals surface area contributed by atoms with Crippen molar-refractivity contribution >= 4 is 5.97 Å². The van der Waals surface area contributed by atoms with Gasteiger partial charge in [0.15, 0.2) is 0 Å². The van der Waals surface area contributed by atoms with Crippen LogP contribution in [0.15, 0.2) is 42.5 Å². The van der Waals surface area contributed by atoms with Gasteiger partial charge in [-0.25, -0.2) is 4.79 Å². The van der Waals surface area contributed by atoms with Crippen LogP contribution in [0.5, 0.6) is 0 Å². The van der Waals surface area contributed by atoms with Crippen molar-refractivity contribution in [3.63, 3.8) is 0 Å². The van der Waals surface area contributed by atoms with E-state index in [0.717, 1.165) is 31.4 Å². The van der Waals surface area contributed by atoms with Gasteiger partial charge in [-0.15, -0.1) is 0 Å². The molecule has 2 aromatic rings. The molecule has 0 unspecified atom stereocenters. The van der Waals surface area contributed by atoms with E-state index in [9.17, 15) is 9.90 Å². The lowest BCUT2D eigenvalue weighted by molar-refractivity contribution is 0.0682. The molecule has 1 atom stereocenters. The zero-order valence-corrected chi connectivity index (χ0v) is 12.7. The lowest BCUT2D eigenvalue weighted by atomic mass is 10.1. The van der Waals surface area contributed by atoms with Gasteiger partial charge in [0.1, 0.15) is 5.69 Å². The Kier molecular flexibility index (Phi) is 5.20. The highest BCUT2D eigenvalue weighted by Gasteiger charge is 2.17. The predicted octanol–water partition coefficient (Wildman–Crippen LogP) is 4.33. The Morgan fingerprint density at radius 2 is 1.86 bits per heavy atom. The SMILES string of the molecule is CC[C@H](C)n1c(CCCc2ccccc2)ccc1C(=O)O. The molecule has 0 amide bonds. The second kappa shape index (κ2) is 7.11.